The summed E-state index contributed by atoms with van der Waals surface area (Å²) in [5, 5.41) is 2.65. The minimum atomic E-state index is -0.429. The van der Waals surface area contributed by atoms with Gasteiger partial charge in [0.05, 0.1) is 5.69 Å². The highest BCUT2D eigenvalue weighted by Gasteiger charge is 2.34. The molecular weight excluding hydrogens is 314 g/mol. The SMILES string of the molecule is CCN(CC)c1ccc(/C=C2\NC(=O)N(c3ccccc3)C2=O)cc1. The van der Waals surface area contributed by atoms with Crippen molar-refractivity contribution < 1.29 is 9.59 Å². The van der Waals surface area contributed by atoms with Crippen molar-refractivity contribution in [3.63, 3.8) is 0 Å². The summed E-state index contributed by atoms with van der Waals surface area (Å²) in [5.74, 6) is -0.344. The van der Waals surface area contributed by atoms with Crippen LogP contribution in [0.4, 0.5) is 16.2 Å². The number of para-hydroxylation sites is 1. The molecule has 1 fully saturated rings. The lowest BCUT2D eigenvalue weighted by molar-refractivity contribution is -0.113. The standard InChI is InChI=1S/C20H21N3O2/c1-3-22(4-2)16-12-10-15(11-13-16)14-18-19(24)23(20(25)21-18)17-8-6-5-7-9-17/h5-14H,3-4H2,1-2H3,(H,21,25)/b18-14-. The first-order valence-corrected chi connectivity index (χ1v) is 8.41. The molecule has 0 unspecified atom stereocenters. The molecule has 0 aromatic heterocycles. The lowest BCUT2D eigenvalue weighted by atomic mass is 10.1. The molecule has 1 saturated heterocycles. The van der Waals surface area contributed by atoms with Crippen LogP contribution in [0.25, 0.3) is 6.08 Å². The molecule has 128 valence electrons. The summed E-state index contributed by atoms with van der Waals surface area (Å²) < 4.78 is 0. The predicted octanol–water partition coefficient (Wildman–Crippen LogP) is 3.63. The lowest BCUT2D eigenvalue weighted by Crippen LogP contribution is -2.30. The van der Waals surface area contributed by atoms with E-state index in [1.807, 2.05) is 30.3 Å². The fourth-order valence-corrected chi connectivity index (χ4v) is 2.88. The van der Waals surface area contributed by atoms with Gasteiger partial charge in [-0.3, -0.25) is 4.79 Å². The van der Waals surface area contributed by atoms with Gasteiger partial charge in [0.25, 0.3) is 5.91 Å². The van der Waals surface area contributed by atoms with Gasteiger partial charge in [-0.05, 0) is 49.8 Å². The molecule has 2 aromatic rings. The van der Waals surface area contributed by atoms with Gasteiger partial charge >= 0.3 is 6.03 Å². The highest BCUT2D eigenvalue weighted by Crippen LogP contribution is 2.22. The van der Waals surface area contributed by atoms with Crippen LogP contribution in [0, 0.1) is 0 Å². The number of hydrogen-bond acceptors (Lipinski definition) is 3. The van der Waals surface area contributed by atoms with E-state index in [0.29, 0.717) is 5.69 Å². The molecule has 0 atom stereocenters. The number of carbonyl (C=O) groups excluding carboxylic acids is 2. The molecule has 0 radical (unpaired) electrons. The Morgan fingerprint density at radius 3 is 2.20 bits per heavy atom. The third-order valence-electron chi connectivity index (χ3n) is 4.23. The monoisotopic (exact) mass is 335 g/mol. The zero-order chi connectivity index (χ0) is 17.8. The van der Waals surface area contributed by atoms with E-state index in [2.05, 4.69) is 24.1 Å². The van der Waals surface area contributed by atoms with Crippen LogP contribution in [0.1, 0.15) is 19.4 Å². The van der Waals surface area contributed by atoms with Gasteiger partial charge in [-0.25, -0.2) is 9.69 Å². The van der Waals surface area contributed by atoms with Crippen molar-refractivity contribution in [1.82, 2.24) is 5.32 Å². The van der Waals surface area contributed by atoms with Gasteiger partial charge in [-0.1, -0.05) is 30.3 Å². The number of nitrogens with zero attached hydrogens (tertiary/aromatic N) is 2. The number of anilines is 2. The average Bonchev–Trinajstić information content (AvgIpc) is 2.91. The molecule has 3 amide bonds. The predicted molar refractivity (Wildman–Crippen MR) is 100 cm³/mol. The van der Waals surface area contributed by atoms with Crippen molar-refractivity contribution in [3.05, 3.63) is 65.9 Å². The van der Waals surface area contributed by atoms with E-state index in [9.17, 15) is 9.59 Å². The third kappa shape index (κ3) is 3.40. The summed E-state index contributed by atoms with van der Waals surface area (Å²) in [6, 6.07) is 16.4. The summed E-state index contributed by atoms with van der Waals surface area (Å²) in [5.41, 5.74) is 2.85. The highest BCUT2D eigenvalue weighted by atomic mass is 16.2. The third-order valence-corrected chi connectivity index (χ3v) is 4.23. The molecule has 0 aliphatic carbocycles. The van der Waals surface area contributed by atoms with Crippen LogP contribution in [0.2, 0.25) is 0 Å². The van der Waals surface area contributed by atoms with Crippen LogP contribution in [-0.2, 0) is 4.79 Å². The summed E-state index contributed by atoms with van der Waals surface area (Å²) in [6.07, 6.45) is 1.70. The summed E-state index contributed by atoms with van der Waals surface area (Å²) in [7, 11) is 0. The van der Waals surface area contributed by atoms with Gasteiger partial charge in [0.1, 0.15) is 5.70 Å². The number of carbonyl (C=O) groups is 2. The number of rotatable bonds is 5. The Hall–Kier alpha value is -3.08. The Morgan fingerprint density at radius 2 is 1.60 bits per heavy atom. The van der Waals surface area contributed by atoms with Crippen molar-refractivity contribution >= 4 is 29.4 Å². The van der Waals surface area contributed by atoms with E-state index < -0.39 is 6.03 Å². The van der Waals surface area contributed by atoms with E-state index in [-0.39, 0.29) is 11.6 Å². The largest absolute Gasteiger partial charge is 0.372 e. The molecule has 3 rings (SSSR count). The van der Waals surface area contributed by atoms with Gasteiger partial charge in [-0.15, -0.1) is 0 Å². The normalized spacial score (nSPS) is 15.6. The fourth-order valence-electron chi connectivity index (χ4n) is 2.88. The maximum absolute atomic E-state index is 12.6. The Bertz CT molecular complexity index is 793. The van der Waals surface area contributed by atoms with Crippen molar-refractivity contribution in [3.8, 4) is 0 Å². The van der Waals surface area contributed by atoms with Gasteiger partial charge in [0.15, 0.2) is 0 Å². The molecule has 25 heavy (non-hydrogen) atoms. The number of benzene rings is 2. The van der Waals surface area contributed by atoms with Crippen molar-refractivity contribution in [2.75, 3.05) is 22.9 Å². The quantitative estimate of drug-likeness (QED) is 0.670. The van der Waals surface area contributed by atoms with E-state index in [1.165, 1.54) is 0 Å². The first kappa shape index (κ1) is 16.8. The van der Waals surface area contributed by atoms with E-state index >= 15 is 0 Å². The molecule has 1 aliphatic rings. The Balaban J connectivity index is 1.82. The van der Waals surface area contributed by atoms with Crippen LogP contribution >= 0.6 is 0 Å². The van der Waals surface area contributed by atoms with Crippen molar-refractivity contribution in [2.45, 2.75) is 13.8 Å². The number of urea groups is 1. The number of hydrogen-bond donors (Lipinski definition) is 1. The molecule has 0 spiro atoms. The first-order valence-electron chi connectivity index (χ1n) is 8.41. The number of imide groups is 1. The molecule has 1 N–H and O–H groups in total. The smallest absolute Gasteiger partial charge is 0.333 e. The molecule has 1 aliphatic heterocycles. The molecule has 0 saturated carbocycles. The van der Waals surface area contributed by atoms with E-state index in [1.54, 1.807) is 30.3 Å². The van der Waals surface area contributed by atoms with Gasteiger partial charge in [0, 0.05) is 18.8 Å². The minimum absolute atomic E-state index is 0.282. The lowest BCUT2D eigenvalue weighted by Gasteiger charge is -2.20. The number of amides is 3. The van der Waals surface area contributed by atoms with E-state index in [4.69, 9.17) is 0 Å². The van der Waals surface area contributed by atoms with Crippen LogP contribution in [-0.4, -0.2) is 25.0 Å². The van der Waals surface area contributed by atoms with Crippen LogP contribution in [0.3, 0.4) is 0 Å². The Kier molecular flexibility index (Phi) is 4.84. The van der Waals surface area contributed by atoms with Gasteiger partial charge in [0.2, 0.25) is 0 Å². The second kappa shape index (κ2) is 7.21. The van der Waals surface area contributed by atoms with Gasteiger partial charge in [-0.2, -0.15) is 0 Å². The zero-order valence-corrected chi connectivity index (χ0v) is 14.4. The van der Waals surface area contributed by atoms with Crippen LogP contribution in [0.15, 0.2) is 60.3 Å². The van der Waals surface area contributed by atoms with Crippen LogP contribution < -0.4 is 15.1 Å². The topological polar surface area (TPSA) is 52.7 Å². The number of nitrogens with one attached hydrogen (secondary N) is 1. The molecule has 5 nitrogen and oxygen atoms in total. The summed E-state index contributed by atoms with van der Waals surface area (Å²) in [4.78, 5) is 28.1. The molecule has 5 heteroatoms. The molecular formula is C20H21N3O2. The summed E-state index contributed by atoms with van der Waals surface area (Å²) >= 11 is 0. The second-order valence-corrected chi connectivity index (χ2v) is 5.73. The molecule has 0 bridgehead atoms. The Labute approximate surface area is 147 Å². The molecule has 1 heterocycles. The first-order chi connectivity index (χ1) is 12.1. The maximum atomic E-state index is 12.6. The highest BCUT2D eigenvalue weighted by molar-refractivity contribution is 6.28. The summed E-state index contributed by atoms with van der Waals surface area (Å²) in [6.45, 7) is 6.11. The fraction of sp³-hybridized carbons (Fsp3) is 0.200. The second-order valence-electron chi connectivity index (χ2n) is 5.73. The zero-order valence-electron chi connectivity index (χ0n) is 14.4. The van der Waals surface area contributed by atoms with Gasteiger partial charge < -0.3 is 10.2 Å². The van der Waals surface area contributed by atoms with Crippen molar-refractivity contribution in [2.24, 2.45) is 0 Å². The van der Waals surface area contributed by atoms with Crippen LogP contribution in [0.5, 0.6) is 0 Å². The Morgan fingerprint density at radius 1 is 0.960 bits per heavy atom. The maximum Gasteiger partial charge on any atom is 0.333 e. The minimum Gasteiger partial charge on any atom is -0.372 e. The van der Waals surface area contributed by atoms with Crippen molar-refractivity contribution in [1.29, 1.82) is 0 Å². The molecule has 2 aromatic carbocycles. The van der Waals surface area contributed by atoms with E-state index in [0.717, 1.165) is 29.2 Å². The average molecular weight is 335 g/mol.